The van der Waals surface area contributed by atoms with E-state index >= 15 is 0 Å². The Morgan fingerprint density at radius 1 is 1.37 bits per heavy atom. The molecule has 0 bridgehead atoms. The largest absolute Gasteiger partial charge is 0.322 e. The summed E-state index contributed by atoms with van der Waals surface area (Å²) in [6, 6.07) is 2.12. The summed E-state index contributed by atoms with van der Waals surface area (Å²) in [5.41, 5.74) is 1.23. The molecule has 1 aromatic rings. The van der Waals surface area contributed by atoms with Crippen LogP contribution >= 0.6 is 11.3 Å². The van der Waals surface area contributed by atoms with Crippen LogP contribution in [0.5, 0.6) is 0 Å². The standard InChI is InChI=1S/C15H22N2OS/c18-14-10-16-15(13-7-9-19-11-13)17(14)8-3-6-12-4-1-2-5-12/h7,9,11-12,15-16H,1-6,8,10H2. The molecule has 0 radical (unpaired) electrons. The topological polar surface area (TPSA) is 32.3 Å². The Balaban J connectivity index is 1.53. The molecule has 3 rings (SSSR count). The Kier molecular flexibility index (Phi) is 4.18. The van der Waals surface area contributed by atoms with Crippen molar-refractivity contribution in [3.63, 3.8) is 0 Å². The van der Waals surface area contributed by atoms with Crippen molar-refractivity contribution in [1.82, 2.24) is 10.2 Å². The lowest BCUT2D eigenvalue weighted by Gasteiger charge is -2.24. The van der Waals surface area contributed by atoms with E-state index in [1.807, 2.05) is 4.90 Å². The van der Waals surface area contributed by atoms with Crippen molar-refractivity contribution < 1.29 is 4.79 Å². The van der Waals surface area contributed by atoms with E-state index in [-0.39, 0.29) is 12.1 Å². The second-order valence-electron chi connectivity index (χ2n) is 5.72. The molecule has 1 aliphatic carbocycles. The van der Waals surface area contributed by atoms with Crippen LogP contribution in [0.1, 0.15) is 50.3 Å². The fraction of sp³-hybridized carbons (Fsp3) is 0.667. The first-order chi connectivity index (χ1) is 9.34. The van der Waals surface area contributed by atoms with Crippen molar-refractivity contribution in [2.24, 2.45) is 5.92 Å². The first-order valence-corrected chi connectivity index (χ1v) is 8.34. The van der Waals surface area contributed by atoms with Gasteiger partial charge in [0.25, 0.3) is 0 Å². The van der Waals surface area contributed by atoms with Gasteiger partial charge in [0, 0.05) is 6.54 Å². The molecule has 2 heterocycles. The lowest BCUT2D eigenvalue weighted by molar-refractivity contribution is -0.128. The van der Waals surface area contributed by atoms with Gasteiger partial charge < -0.3 is 4.90 Å². The second kappa shape index (κ2) is 6.06. The lowest BCUT2D eigenvalue weighted by Crippen LogP contribution is -2.31. The van der Waals surface area contributed by atoms with E-state index in [2.05, 4.69) is 22.1 Å². The SMILES string of the molecule is O=C1CNC(c2ccsc2)N1CCCC1CCCC1. The van der Waals surface area contributed by atoms with Gasteiger partial charge in [-0.15, -0.1) is 0 Å². The molecule has 0 aromatic carbocycles. The van der Waals surface area contributed by atoms with Crippen LogP contribution in [0.15, 0.2) is 16.8 Å². The van der Waals surface area contributed by atoms with Gasteiger partial charge in [0.1, 0.15) is 6.17 Å². The van der Waals surface area contributed by atoms with Gasteiger partial charge in [-0.25, -0.2) is 0 Å². The normalized spacial score (nSPS) is 24.5. The monoisotopic (exact) mass is 278 g/mol. The summed E-state index contributed by atoms with van der Waals surface area (Å²) in [6.45, 7) is 1.40. The van der Waals surface area contributed by atoms with Crippen LogP contribution in [0, 0.1) is 5.92 Å². The molecule has 1 unspecified atom stereocenters. The maximum absolute atomic E-state index is 12.0. The van der Waals surface area contributed by atoms with Crippen molar-refractivity contribution in [3.05, 3.63) is 22.4 Å². The molecular formula is C15H22N2OS. The van der Waals surface area contributed by atoms with Crippen molar-refractivity contribution in [1.29, 1.82) is 0 Å². The molecule has 1 atom stereocenters. The number of carbonyl (C=O) groups is 1. The summed E-state index contributed by atoms with van der Waals surface area (Å²) in [5, 5.41) is 7.54. The van der Waals surface area contributed by atoms with Crippen LogP contribution in [-0.4, -0.2) is 23.9 Å². The van der Waals surface area contributed by atoms with E-state index in [4.69, 9.17) is 0 Å². The van der Waals surface area contributed by atoms with Crippen LogP contribution in [0.2, 0.25) is 0 Å². The van der Waals surface area contributed by atoms with Crippen molar-refractivity contribution >= 4 is 17.2 Å². The van der Waals surface area contributed by atoms with Gasteiger partial charge in [0.2, 0.25) is 5.91 Å². The van der Waals surface area contributed by atoms with Crippen molar-refractivity contribution in [2.75, 3.05) is 13.1 Å². The highest BCUT2D eigenvalue weighted by atomic mass is 32.1. The summed E-state index contributed by atoms with van der Waals surface area (Å²) in [4.78, 5) is 14.0. The highest BCUT2D eigenvalue weighted by Gasteiger charge is 2.31. The van der Waals surface area contributed by atoms with Gasteiger partial charge in [-0.2, -0.15) is 11.3 Å². The van der Waals surface area contributed by atoms with Gasteiger partial charge in [-0.3, -0.25) is 10.1 Å². The predicted octanol–water partition coefficient (Wildman–Crippen LogP) is 3.15. The van der Waals surface area contributed by atoms with Gasteiger partial charge in [0.05, 0.1) is 6.54 Å². The summed E-state index contributed by atoms with van der Waals surface area (Å²) in [7, 11) is 0. The summed E-state index contributed by atoms with van der Waals surface area (Å²) in [6.07, 6.45) is 8.18. The minimum atomic E-state index is 0.113. The summed E-state index contributed by atoms with van der Waals surface area (Å²) >= 11 is 1.70. The Morgan fingerprint density at radius 2 is 2.21 bits per heavy atom. The number of amides is 1. The van der Waals surface area contributed by atoms with Crippen molar-refractivity contribution in [3.8, 4) is 0 Å². The zero-order chi connectivity index (χ0) is 13.1. The second-order valence-corrected chi connectivity index (χ2v) is 6.50. The third kappa shape index (κ3) is 3.00. The third-order valence-electron chi connectivity index (χ3n) is 4.42. The van der Waals surface area contributed by atoms with E-state index in [9.17, 15) is 4.79 Å². The van der Waals surface area contributed by atoms with E-state index in [1.165, 1.54) is 37.7 Å². The molecule has 19 heavy (non-hydrogen) atoms. The fourth-order valence-corrected chi connectivity index (χ4v) is 4.05. The van der Waals surface area contributed by atoms with Crippen LogP contribution in [0.4, 0.5) is 0 Å². The molecule has 1 saturated heterocycles. The molecule has 1 saturated carbocycles. The first kappa shape index (κ1) is 13.1. The Hall–Kier alpha value is -0.870. The molecule has 1 aliphatic heterocycles. The molecule has 3 nitrogen and oxygen atoms in total. The summed E-state index contributed by atoms with van der Waals surface area (Å²) in [5.74, 6) is 1.17. The van der Waals surface area contributed by atoms with E-state index in [1.54, 1.807) is 11.3 Å². The lowest BCUT2D eigenvalue weighted by atomic mass is 10.0. The molecule has 0 spiro atoms. The number of rotatable bonds is 5. The number of nitrogens with one attached hydrogen (secondary N) is 1. The molecule has 2 fully saturated rings. The number of thiophene rings is 1. The number of hydrogen-bond acceptors (Lipinski definition) is 3. The number of carbonyl (C=O) groups excluding carboxylic acids is 1. The Morgan fingerprint density at radius 3 is 2.95 bits per heavy atom. The zero-order valence-electron chi connectivity index (χ0n) is 11.3. The quantitative estimate of drug-likeness (QED) is 0.897. The molecule has 1 amide bonds. The molecule has 1 aromatic heterocycles. The number of hydrogen-bond donors (Lipinski definition) is 1. The molecule has 2 aliphatic rings. The maximum Gasteiger partial charge on any atom is 0.238 e. The Labute approximate surface area is 119 Å². The highest BCUT2D eigenvalue weighted by molar-refractivity contribution is 7.07. The fourth-order valence-electron chi connectivity index (χ4n) is 3.37. The first-order valence-electron chi connectivity index (χ1n) is 7.39. The minimum Gasteiger partial charge on any atom is -0.322 e. The van der Waals surface area contributed by atoms with Gasteiger partial charge >= 0.3 is 0 Å². The van der Waals surface area contributed by atoms with Gasteiger partial charge in [-0.05, 0) is 41.1 Å². The minimum absolute atomic E-state index is 0.113. The predicted molar refractivity (Wildman–Crippen MR) is 78.0 cm³/mol. The third-order valence-corrected chi connectivity index (χ3v) is 5.13. The van der Waals surface area contributed by atoms with Crippen LogP contribution in [-0.2, 0) is 4.79 Å². The van der Waals surface area contributed by atoms with Gasteiger partial charge in [-0.1, -0.05) is 25.7 Å². The summed E-state index contributed by atoms with van der Waals surface area (Å²) < 4.78 is 0. The molecule has 104 valence electrons. The highest BCUT2D eigenvalue weighted by Crippen LogP contribution is 2.30. The van der Waals surface area contributed by atoms with Crippen LogP contribution in [0.25, 0.3) is 0 Å². The molecule has 1 N–H and O–H groups in total. The van der Waals surface area contributed by atoms with E-state index in [0.29, 0.717) is 6.54 Å². The van der Waals surface area contributed by atoms with Crippen LogP contribution in [0.3, 0.4) is 0 Å². The number of nitrogens with zero attached hydrogens (tertiary/aromatic N) is 1. The van der Waals surface area contributed by atoms with E-state index < -0.39 is 0 Å². The van der Waals surface area contributed by atoms with Crippen molar-refractivity contribution in [2.45, 2.75) is 44.7 Å². The Bertz CT molecular complexity index is 412. The average molecular weight is 278 g/mol. The smallest absolute Gasteiger partial charge is 0.238 e. The zero-order valence-corrected chi connectivity index (χ0v) is 12.1. The maximum atomic E-state index is 12.0. The van der Waals surface area contributed by atoms with E-state index in [0.717, 1.165) is 18.9 Å². The molecule has 4 heteroatoms. The molecular weight excluding hydrogens is 256 g/mol. The average Bonchev–Trinajstić information content (AvgIpc) is 3.12. The van der Waals surface area contributed by atoms with Gasteiger partial charge in [0.15, 0.2) is 0 Å². The van der Waals surface area contributed by atoms with Crippen LogP contribution < -0.4 is 5.32 Å².